The van der Waals surface area contributed by atoms with Crippen LogP contribution in [0.3, 0.4) is 0 Å². The Bertz CT molecular complexity index is 229. The summed E-state index contributed by atoms with van der Waals surface area (Å²) in [7, 11) is 0. The number of amides is 1. The molecule has 0 radical (unpaired) electrons. The Morgan fingerprint density at radius 3 is 2.72 bits per heavy atom. The molecule has 1 aliphatic heterocycles. The molecule has 0 spiro atoms. The van der Waals surface area contributed by atoms with E-state index in [-0.39, 0.29) is 11.9 Å². The number of carbonyl (C=O) groups excluding carboxylic acids is 1. The van der Waals surface area contributed by atoms with Gasteiger partial charge in [0.05, 0.1) is 6.04 Å². The van der Waals surface area contributed by atoms with Gasteiger partial charge in [0, 0.05) is 6.54 Å². The first-order valence-corrected chi connectivity index (χ1v) is 7.81. The predicted octanol–water partition coefficient (Wildman–Crippen LogP) is 2.95. The Morgan fingerprint density at radius 1 is 1.17 bits per heavy atom. The van der Waals surface area contributed by atoms with Gasteiger partial charge in [0.25, 0.3) is 0 Å². The van der Waals surface area contributed by atoms with Crippen LogP contribution < -0.4 is 5.32 Å². The van der Waals surface area contributed by atoms with E-state index >= 15 is 0 Å². The van der Waals surface area contributed by atoms with Crippen LogP contribution in [0.1, 0.15) is 65.2 Å². The van der Waals surface area contributed by atoms with E-state index in [4.69, 9.17) is 0 Å². The van der Waals surface area contributed by atoms with Crippen LogP contribution in [-0.2, 0) is 4.79 Å². The van der Waals surface area contributed by atoms with Crippen molar-refractivity contribution in [2.75, 3.05) is 19.6 Å². The molecule has 0 saturated carbocycles. The van der Waals surface area contributed by atoms with E-state index in [1.165, 1.54) is 32.1 Å². The Balaban J connectivity index is 2.25. The number of likely N-dealkylation sites (tertiary alicyclic amines) is 1. The number of unbranched alkanes of at least 4 members (excludes halogenated alkanes) is 3. The summed E-state index contributed by atoms with van der Waals surface area (Å²) in [5.41, 5.74) is 0. The zero-order valence-corrected chi connectivity index (χ0v) is 12.2. The number of carbonyl (C=O) groups is 1. The molecule has 1 rings (SSSR count). The lowest BCUT2D eigenvalue weighted by molar-refractivity contribution is -0.127. The molecule has 0 aromatic rings. The third-order valence-electron chi connectivity index (χ3n) is 3.76. The molecule has 1 N–H and O–H groups in total. The average molecular weight is 254 g/mol. The van der Waals surface area contributed by atoms with Crippen molar-refractivity contribution in [3.05, 3.63) is 0 Å². The molecule has 1 aliphatic rings. The van der Waals surface area contributed by atoms with Crippen LogP contribution >= 0.6 is 0 Å². The normalized spacial score (nSPS) is 20.9. The molecule has 0 aromatic heterocycles. The number of hydrogen-bond acceptors (Lipinski definition) is 2. The second-order valence-corrected chi connectivity index (χ2v) is 5.40. The van der Waals surface area contributed by atoms with Crippen LogP contribution in [-0.4, -0.2) is 36.5 Å². The third kappa shape index (κ3) is 5.38. The lowest BCUT2D eigenvalue weighted by atomic mass is 10.0. The van der Waals surface area contributed by atoms with Crippen LogP contribution in [0, 0.1) is 0 Å². The molecule has 0 bridgehead atoms. The van der Waals surface area contributed by atoms with Gasteiger partial charge in [0.1, 0.15) is 0 Å². The molecule has 18 heavy (non-hydrogen) atoms. The summed E-state index contributed by atoms with van der Waals surface area (Å²) >= 11 is 0. The van der Waals surface area contributed by atoms with Crippen LogP contribution in [0.5, 0.6) is 0 Å². The molecule has 0 aliphatic carbocycles. The van der Waals surface area contributed by atoms with Crippen molar-refractivity contribution >= 4 is 5.91 Å². The fourth-order valence-electron chi connectivity index (χ4n) is 2.72. The van der Waals surface area contributed by atoms with Gasteiger partial charge < -0.3 is 5.32 Å². The maximum atomic E-state index is 12.2. The van der Waals surface area contributed by atoms with Gasteiger partial charge in [-0.05, 0) is 38.8 Å². The van der Waals surface area contributed by atoms with E-state index in [0.29, 0.717) is 0 Å². The molecule has 0 aromatic carbocycles. The smallest absolute Gasteiger partial charge is 0.237 e. The highest BCUT2D eigenvalue weighted by Gasteiger charge is 2.27. The lowest BCUT2D eigenvalue weighted by Gasteiger charge is -2.34. The predicted molar refractivity (Wildman–Crippen MR) is 76.7 cm³/mol. The molecule has 1 atom stereocenters. The molecular formula is C15H30N2O. The maximum absolute atomic E-state index is 12.2. The van der Waals surface area contributed by atoms with Crippen molar-refractivity contribution in [1.29, 1.82) is 0 Å². The van der Waals surface area contributed by atoms with Crippen molar-refractivity contribution in [2.24, 2.45) is 0 Å². The number of piperidine rings is 1. The minimum absolute atomic E-state index is 0.143. The SMILES string of the molecule is CCCCCCNC(=O)C1CCCCN1CCC. The summed E-state index contributed by atoms with van der Waals surface area (Å²) < 4.78 is 0. The Morgan fingerprint density at radius 2 is 2.00 bits per heavy atom. The fourth-order valence-corrected chi connectivity index (χ4v) is 2.72. The quantitative estimate of drug-likeness (QED) is 0.675. The van der Waals surface area contributed by atoms with Gasteiger partial charge in [0.2, 0.25) is 5.91 Å². The van der Waals surface area contributed by atoms with Crippen molar-refractivity contribution in [1.82, 2.24) is 10.2 Å². The monoisotopic (exact) mass is 254 g/mol. The first-order chi connectivity index (χ1) is 8.79. The topological polar surface area (TPSA) is 32.3 Å². The van der Waals surface area contributed by atoms with Crippen LogP contribution in [0.4, 0.5) is 0 Å². The Labute approximate surface area is 112 Å². The van der Waals surface area contributed by atoms with E-state index in [2.05, 4.69) is 24.1 Å². The van der Waals surface area contributed by atoms with Gasteiger partial charge in [0.15, 0.2) is 0 Å². The highest BCUT2D eigenvalue weighted by Crippen LogP contribution is 2.17. The molecule has 1 saturated heterocycles. The fraction of sp³-hybridized carbons (Fsp3) is 0.933. The highest BCUT2D eigenvalue weighted by molar-refractivity contribution is 5.81. The summed E-state index contributed by atoms with van der Waals surface area (Å²) in [6.45, 7) is 7.42. The molecule has 1 fully saturated rings. The van der Waals surface area contributed by atoms with Crippen molar-refractivity contribution in [2.45, 2.75) is 71.3 Å². The standard InChI is InChI=1S/C15H30N2O/c1-3-5-6-8-11-16-15(18)14-10-7-9-13-17(14)12-4-2/h14H,3-13H2,1-2H3,(H,16,18). The Hall–Kier alpha value is -0.570. The zero-order valence-electron chi connectivity index (χ0n) is 12.2. The largest absolute Gasteiger partial charge is 0.355 e. The van der Waals surface area contributed by atoms with Crippen molar-refractivity contribution in [3.63, 3.8) is 0 Å². The van der Waals surface area contributed by atoms with Gasteiger partial charge in [-0.2, -0.15) is 0 Å². The average Bonchev–Trinajstić information content (AvgIpc) is 2.39. The minimum Gasteiger partial charge on any atom is -0.355 e. The number of rotatable bonds is 8. The molecule has 106 valence electrons. The highest BCUT2D eigenvalue weighted by atomic mass is 16.2. The second kappa shape index (κ2) is 9.37. The minimum atomic E-state index is 0.143. The van der Waals surface area contributed by atoms with Gasteiger partial charge in [-0.3, -0.25) is 9.69 Å². The number of nitrogens with zero attached hydrogens (tertiary/aromatic N) is 1. The summed E-state index contributed by atoms with van der Waals surface area (Å²) in [6.07, 6.45) is 9.53. The first-order valence-electron chi connectivity index (χ1n) is 7.81. The van der Waals surface area contributed by atoms with Gasteiger partial charge >= 0.3 is 0 Å². The Kier molecular flexibility index (Phi) is 8.06. The van der Waals surface area contributed by atoms with E-state index < -0.39 is 0 Å². The summed E-state index contributed by atoms with van der Waals surface area (Å²) in [5, 5.41) is 3.12. The van der Waals surface area contributed by atoms with Gasteiger partial charge in [-0.15, -0.1) is 0 Å². The molecule has 3 nitrogen and oxygen atoms in total. The maximum Gasteiger partial charge on any atom is 0.237 e. The third-order valence-corrected chi connectivity index (χ3v) is 3.76. The van der Waals surface area contributed by atoms with E-state index in [0.717, 1.165) is 38.9 Å². The van der Waals surface area contributed by atoms with E-state index in [1.807, 2.05) is 0 Å². The molecule has 1 amide bonds. The van der Waals surface area contributed by atoms with Crippen LogP contribution in [0.25, 0.3) is 0 Å². The second-order valence-electron chi connectivity index (χ2n) is 5.40. The number of nitrogens with one attached hydrogen (secondary N) is 1. The molecular weight excluding hydrogens is 224 g/mol. The van der Waals surface area contributed by atoms with Crippen molar-refractivity contribution in [3.8, 4) is 0 Å². The van der Waals surface area contributed by atoms with Crippen molar-refractivity contribution < 1.29 is 4.79 Å². The van der Waals surface area contributed by atoms with E-state index in [9.17, 15) is 4.79 Å². The van der Waals surface area contributed by atoms with E-state index in [1.54, 1.807) is 0 Å². The van der Waals surface area contributed by atoms with Gasteiger partial charge in [-0.1, -0.05) is 39.5 Å². The number of hydrogen-bond donors (Lipinski definition) is 1. The lowest BCUT2D eigenvalue weighted by Crippen LogP contribution is -2.49. The molecule has 1 unspecified atom stereocenters. The summed E-state index contributed by atoms with van der Waals surface area (Å²) in [5.74, 6) is 0.264. The van der Waals surface area contributed by atoms with Crippen LogP contribution in [0.2, 0.25) is 0 Å². The van der Waals surface area contributed by atoms with Gasteiger partial charge in [-0.25, -0.2) is 0 Å². The zero-order chi connectivity index (χ0) is 13.2. The first kappa shape index (κ1) is 15.5. The summed E-state index contributed by atoms with van der Waals surface area (Å²) in [6, 6.07) is 0.143. The van der Waals surface area contributed by atoms with Crippen LogP contribution in [0.15, 0.2) is 0 Å². The summed E-state index contributed by atoms with van der Waals surface area (Å²) in [4.78, 5) is 14.5. The molecule has 1 heterocycles. The molecule has 3 heteroatoms.